The molecule has 0 amide bonds. The number of para-hydroxylation sites is 1. The summed E-state index contributed by atoms with van der Waals surface area (Å²) < 4.78 is 4.87. The minimum atomic E-state index is -1.01. The van der Waals surface area contributed by atoms with Gasteiger partial charge in [0.2, 0.25) is 0 Å². The molecule has 1 aromatic rings. The number of aliphatic hydroxyl groups is 1. The van der Waals surface area contributed by atoms with Gasteiger partial charge in [0.25, 0.3) is 0 Å². The lowest BCUT2D eigenvalue weighted by Gasteiger charge is -2.27. The molecule has 1 aromatic carbocycles. The third-order valence-electron chi connectivity index (χ3n) is 2.97. The smallest absolute Gasteiger partial charge is 0.333 e. The van der Waals surface area contributed by atoms with Gasteiger partial charge in [-0.05, 0) is 25.5 Å². The lowest BCUT2D eigenvalue weighted by atomic mass is 10.1. The van der Waals surface area contributed by atoms with Crippen LogP contribution < -0.4 is 4.90 Å². The Labute approximate surface area is 129 Å². The molecule has 0 bridgehead atoms. The van der Waals surface area contributed by atoms with Crippen LogP contribution >= 0.6 is 0 Å². The van der Waals surface area contributed by atoms with Crippen LogP contribution in [0.15, 0.2) is 36.4 Å². The molecule has 0 fully saturated rings. The molecule has 1 atom stereocenters. The van der Waals surface area contributed by atoms with Crippen LogP contribution in [-0.4, -0.2) is 48.0 Å². The van der Waals surface area contributed by atoms with Crippen LogP contribution in [0.3, 0.4) is 0 Å². The topological polar surface area (TPSA) is 87.1 Å². The van der Waals surface area contributed by atoms with E-state index in [2.05, 4.69) is 6.58 Å². The molecule has 0 aliphatic carbocycles. The van der Waals surface area contributed by atoms with Gasteiger partial charge in [0, 0.05) is 17.8 Å². The average Bonchev–Trinajstić information content (AvgIpc) is 2.44. The molecule has 0 heterocycles. The van der Waals surface area contributed by atoms with Gasteiger partial charge in [0.1, 0.15) is 19.3 Å². The Morgan fingerprint density at radius 3 is 2.55 bits per heavy atom. The van der Waals surface area contributed by atoms with Crippen LogP contribution in [0, 0.1) is 6.92 Å². The van der Waals surface area contributed by atoms with Gasteiger partial charge in [-0.2, -0.15) is 0 Å². The van der Waals surface area contributed by atoms with Crippen LogP contribution in [0.4, 0.5) is 5.69 Å². The van der Waals surface area contributed by atoms with Crippen molar-refractivity contribution in [3.05, 3.63) is 42.0 Å². The lowest BCUT2D eigenvalue weighted by molar-refractivity contribution is -0.142. The number of carboxylic acids is 1. The second-order valence-electron chi connectivity index (χ2n) is 5.09. The van der Waals surface area contributed by atoms with Crippen LogP contribution in [0.2, 0.25) is 0 Å². The fourth-order valence-corrected chi connectivity index (χ4v) is 1.93. The molecule has 0 aliphatic rings. The molecular weight excluding hydrogens is 286 g/mol. The summed E-state index contributed by atoms with van der Waals surface area (Å²) in [4.78, 5) is 23.8. The molecule has 0 saturated heterocycles. The highest BCUT2D eigenvalue weighted by molar-refractivity contribution is 5.86. The van der Waals surface area contributed by atoms with Crippen LogP contribution in [-0.2, 0) is 14.3 Å². The fourth-order valence-electron chi connectivity index (χ4n) is 1.93. The first-order valence-electron chi connectivity index (χ1n) is 6.84. The van der Waals surface area contributed by atoms with Gasteiger partial charge in [0.05, 0.1) is 0 Å². The van der Waals surface area contributed by atoms with Crippen molar-refractivity contribution in [2.45, 2.75) is 20.0 Å². The zero-order chi connectivity index (χ0) is 16.7. The molecule has 2 N–H and O–H groups in total. The number of carboxylic acid groups (broad SMARTS) is 1. The fraction of sp³-hybridized carbons (Fsp3) is 0.375. The number of carbonyl (C=O) groups is 2. The number of carbonyl (C=O) groups excluding carboxylic acids is 1. The van der Waals surface area contributed by atoms with E-state index in [1.807, 2.05) is 19.1 Å². The van der Waals surface area contributed by atoms with Gasteiger partial charge < -0.3 is 19.8 Å². The Bertz CT molecular complexity index is 555. The zero-order valence-corrected chi connectivity index (χ0v) is 12.8. The van der Waals surface area contributed by atoms with Crippen molar-refractivity contribution in [1.29, 1.82) is 0 Å². The molecule has 0 aliphatic heterocycles. The summed E-state index contributed by atoms with van der Waals surface area (Å²) in [5.41, 5.74) is 1.86. The summed E-state index contributed by atoms with van der Waals surface area (Å²) in [6.07, 6.45) is -0.998. The highest BCUT2D eigenvalue weighted by Gasteiger charge is 2.18. The summed E-state index contributed by atoms with van der Waals surface area (Å²) in [5, 5.41) is 19.0. The standard InChI is InChI=1S/C16H21NO5/c1-11(2)16(21)22-10-13(18)8-17(9-15(19)20)14-7-5-4-6-12(14)3/h4-7,13,18H,1,8-10H2,2-3H3,(H,19,20). The summed E-state index contributed by atoms with van der Waals surface area (Å²) in [7, 11) is 0. The average molecular weight is 307 g/mol. The maximum atomic E-state index is 11.3. The van der Waals surface area contributed by atoms with Gasteiger partial charge in [-0.15, -0.1) is 0 Å². The van der Waals surface area contributed by atoms with Crippen molar-refractivity contribution >= 4 is 17.6 Å². The molecule has 0 saturated carbocycles. The summed E-state index contributed by atoms with van der Waals surface area (Å²) in [5.74, 6) is -1.59. The first kappa shape index (κ1) is 17.7. The third kappa shape index (κ3) is 5.57. The van der Waals surface area contributed by atoms with Crippen LogP contribution in [0.25, 0.3) is 0 Å². The molecule has 1 rings (SSSR count). The number of aliphatic carboxylic acids is 1. The normalized spacial score (nSPS) is 11.6. The molecule has 0 radical (unpaired) electrons. The number of benzene rings is 1. The number of aryl methyl sites for hydroxylation is 1. The Kier molecular flexibility index (Phi) is 6.59. The monoisotopic (exact) mass is 307 g/mol. The van der Waals surface area contributed by atoms with Crippen molar-refractivity contribution in [1.82, 2.24) is 0 Å². The summed E-state index contributed by atoms with van der Waals surface area (Å²) >= 11 is 0. The van der Waals surface area contributed by atoms with Gasteiger partial charge in [-0.25, -0.2) is 4.79 Å². The minimum absolute atomic E-state index is 0.0423. The Morgan fingerprint density at radius 1 is 1.36 bits per heavy atom. The maximum Gasteiger partial charge on any atom is 0.333 e. The van der Waals surface area contributed by atoms with Gasteiger partial charge in [-0.3, -0.25) is 4.79 Å². The quantitative estimate of drug-likeness (QED) is 0.557. The van der Waals surface area contributed by atoms with E-state index in [4.69, 9.17) is 9.84 Å². The van der Waals surface area contributed by atoms with Crippen molar-refractivity contribution in [2.24, 2.45) is 0 Å². The molecule has 6 heteroatoms. The van der Waals surface area contributed by atoms with Gasteiger partial charge in [0.15, 0.2) is 0 Å². The van der Waals surface area contributed by atoms with Gasteiger partial charge >= 0.3 is 11.9 Å². The second kappa shape index (κ2) is 8.19. The Hall–Kier alpha value is -2.34. The number of esters is 1. The van der Waals surface area contributed by atoms with E-state index in [9.17, 15) is 14.7 Å². The largest absolute Gasteiger partial charge is 0.480 e. The predicted octanol–water partition coefficient (Wildman–Crippen LogP) is 1.37. The van der Waals surface area contributed by atoms with E-state index < -0.39 is 18.0 Å². The number of hydrogen-bond donors (Lipinski definition) is 2. The van der Waals surface area contributed by atoms with E-state index >= 15 is 0 Å². The minimum Gasteiger partial charge on any atom is -0.480 e. The Morgan fingerprint density at radius 2 is 2.00 bits per heavy atom. The van der Waals surface area contributed by atoms with Crippen molar-refractivity contribution < 1.29 is 24.5 Å². The number of hydrogen-bond acceptors (Lipinski definition) is 5. The highest BCUT2D eigenvalue weighted by Crippen LogP contribution is 2.19. The number of rotatable bonds is 8. The van der Waals surface area contributed by atoms with Crippen molar-refractivity contribution in [3.8, 4) is 0 Å². The first-order chi connectivity index (χ1) is 10.3. The van der Waals surface area contributed by atoms with Crippen molar-refractivity contribution in [3.63, 3.8) is 0 Å². The van der Waals surface area contributed by atoms with E-state index in [0.717, 1.165) is 11.3 Å². The number of ether oxygens (including phenoxy) is 1. The second-order valence-corrected chi connectivity index (χ2v) is 5.09. The molecule has 120 valence electrons. The zero-order valence-electron chi connectivity index (χ0n) is 12.8. The molecule has 0 spiro atoms. The molecular formula is C16H21NO5. The molecule has 0 aromatic heterocycles. The van der Waals surface area contributed by atoms with E-state index in [1.165, 1.54) is 11.8 Å². The van der Waals surface area contributed by atoms with Crippen LogP contribution in [0.1, 0.15) is 12.5 Å². The molecule has 6 nitrogen and oxygen atoms in total. The first-order valence-corrected chi connectivity index (χ1v) is 6.84. The summed E-state index contributed by atoms with van der Waals surface area (Å²) in [6, 6.07) is 7.29. The van der Waals surface area contributed by atoms with E-state index in [-0.39, 0.29) is 25.3 Å². The molecule has 1 unspecified atom stereocenters. The molecule has 22 heavy (non-hydrogen) atoms. The highest BCUT2D eigenvalue weighted by atomic mass is 16.5. The number of anilines is 1. The Balaban J connectivity index is 2.73. The van der Waals surface area contributed by atoms with E-state index in [0.29, 0.717) is 0 Å². The lowest BCUT2D eigenvalue weighted by Crippen LogP contribution is -2.39. The van der Waals surface area contributed by atoms with E-state index in [1.54, 1.807) is 12.1 Å². The van der Waals surface area contributed by atoms with Crippen LogP contribution in [0.5, 0.6) is 0 Å². The predicted molar refractivity (Wildman–Crippen MR) is 82.8 cm³/mol. The number of nitrogens with zero attached hydrogens (tertiary/aromatic N) is 1. The van der Waals surface area contributed by atoms with Crippen molar-refractivity contribution in [2.75, 3.05) is 24.6 Å². The third-order valence-corrected chi connectivity index (χ3v) is 2.97. The SMILES string of the molecule is C=C(C)C(=O)OCC(O)CN(CC(=O)O)c1ccccc1C. The summed E-state index contributed by atoms with van der Waals surface area (Å²) in [6.45, 7) is 6.39. The van der Waals surface area contributed by atoms with Gasteiger partial charge in [-0.1, -0.05) is 24.8 Å². The maximum absolute atomic E-state index is 11.3. The number of aliphatic hydroxyl groups excluding tert-OH is 1.